The predicted octanol–water partition coefficient (Wildman–Crippen LogP) is 3.75. The van der Waals surface area contributed by atoms with Gasteiger partial charge < -0.3 is 5.32 Å². The number of hydrogen-bond acceptors (Lipinski definition) is 3. The number of nitrogens with zero attached hydrogens (tertiary/aromatic N) is 1. The van der Waals surface area contributed by atoms with Crippen molar-refractivity contribution in [2.75, 3.05) is 6.54 Å². The van der Waals surface area contributed by atoms with Crippen LogP contribution in [0.2, 0.25) is 0 Å². The van der Waals surface area contributed by atoms with E-state index in [0.717, 1.165) is 40.3 Å². The van der Waals surface area contributed by atoms with Crippen LogP contribution >= 0.6 is 11.3 Å². The summed E-state index contributed by atoms with van der Waals surface area (Å²) in [6.45, 7) is 1.97. The fourth-order valence-electron chi connectivity index (χ4n) is 2.64. The molecule has 2 nitrogen and oxygen atoms in total. The molecule has 1 aliphatic heterocycles. The van der Waals surface area contributed by atoms with E-state index in [1.54, 1.807) is 17.4 Å². The van der Waals surface area contributed by atoms with Crippen molar-refractivity contribution >= 4 is 21.6 Å². The number of nitrogens with one attached hydrogen (secondary N) is 1. The normalized spacial score (nSPS) is 14.4. The summed E-state index contributed by atoms with van der Waals surface area (Å²) in [5.41, 5.74) is 4.62. The molecule has 0 saturated heterocycles. The van der Waals surface area contributed by atoms with Crippen LogP contribution in [-0.2, 0) is 13.0 Å². The number of rotatable bonds is 1. The number of halogens is 1. The monoisotopic (exact) mass is 284 g/mol. The van der Waals surface area contributed by atoms with E-state index in [4.69, 9.17) is 0 Å². The fourth-order valence-corrected chi connectivity index (χ4v) is 3.58. The van der Waals surface area contributed by atoms with E-state index in [-0.39, 0.29) is 5.82 Å². The summed E-state index contributed by atoms with van der Waals surface area (Å²) in [7, 11) is 0. The molecule has 100 valence electrons. The zero-order valence-corrected chi connectivity index (χ0v) is 11.6. The molecule has 0 bridgehead atoms. The first-order valence-corrected chi connectivity index (χ1v) is 7.50. The zero-order chi connectivity index (χ0) is 13.5. The molecular weight excluding hydrogens is 271 g/mol. The Morgan fingerprint density at radius 2 is 2.05 bits per heavy atom. The van der Waals surface area contributed by atoms with Gasteiger partial charge in [0.15, 0.2) is 0 Å². The quantitative estimate of drug-likeness (QED) is 0.736. The summed E-state index contributed by atoms with van der Waals surface area (Å²) in [6.07, 6.45) is 1.08. The molecule has 0 atom stereocenters. The van der Waals surface area contributed by atoms with Gasteiger partial charge in [-0.25, -0.2) is 9.37 Å². The Morgan fingerprint density at radius 1 is 1.10 bits per heavy atom. The van der Waals surface area contributed by atoms with Crippen molar-refractivity contribution in [3.8, 4) is 10.6 Å². The summed E-state index contributed by atoms with van der Waals surface area (Å²) in [5.74, 6) is -0.232. The van der Waals surface area contributed by atoms with Gasteiger partial charge in [-0.15, -0.1) is 11.3 Å². The second-order valence-corrected chi connectivity index (χ2v) is 6.07. The maximum Gasteiger partial charge on any atom is 0.125 e. The first-order chi connectivity index (χ1) is 9.79. The predicted molar refractivity (Wildman–Crippen MR) is 80.4 cm³/mol. The van der Waals surface area contributed by atoms with Gasteiger partial charge >= 0.3 is 0 Å². The summed E-state index contributed by atoms with van der Waals surface area (Å²) in [4.78, 5) is 4.55. The van der Waals surface area contributed by atoms with Crippen LogP contribution < -0.4 is 5.32 Å². The second-order valence-electron chi connectivity index (χ2n) is 5.04. The average Bonchev–Trinajstić information content (AvgIpc) is 2.89. The van der Waals surface area contributed by atoms with E-state index in [0.29, 0.717) is 0 Å². The molecule has 3 aromatic rings. The SMILES string of the molecule is Fc1ccc2sc(-c3ccc4c(c3)CNCC4)nc2c1. The molecule has 4 heteroatoms. The number of benzene rings is 2. The lowest BCUT2D eigenvalue weighted by Gasteiger charge is -2.17. The molecule has 2 aromatic carbocycles. The van der Waals surface area contributed by atoms with E-state index < -0.39 is 0 Å². The Morgan fingerprint density at radius 3 is 3.00 bits per heavy atom. The number of fused-ring (bicyclic) bond motifs is 2. The van der Waals surface area contributed by atoms with Crippen LogP contribution in [0, 0.1) is 5.82 Å². The molecular formula is C16H13FN2S. The van der Waals surface area contributed by atoms with Crippen molar-refractivity contribution in [2.45, 2.75) is 13.0 Å². The minimum Gasteiger partial charge on any atom is -0.312 e. The molecule has 20 heavy (non-hydrogen) atoms. The van der Waals surface area contributed by atoms with Crippen LogP contribution in [-0.4, -0.2) is 11.5 Å². The Labute approximate surface area is 120 Å². The van der Waals surface area contributed by atoms with Crippen LogP contribution in [0.1, 0.15) is 11.1 Å². The zero-order valence-electron chi connectivity index (χ0n) is 10.8. The van der Waals surface area contributed by atoms with Crippen LogP contribution in [0.15, 0.2) is 36.4 Å². The van der Waals surface area contributed by atoms with Gasteiger partial charge in [0.25, 0.3) is 0 Å². The van der Waals surface area contributed by atoms with Crippen molar-refractivity contribution in [2.24, 2.45) is 0 Å². The van der Waals surface area contributed by atoms with Gasteiger partial charge in [0, 0.05) is 18.2 Å². The van der Waals surface area contributed by atoms with Gasteiger partial charge in [0.1, 0.15) is 10.8 Å². The van der Waals surface area contributed by atoms with E-state index in [2.05, 4.69) is 28.5 Å². The third-order valence-corrected chi connectivity index (χ3v) is 4.77. The molecule has 0 spiro atoms. The Bertz CT molecular complexity index is 794. The van der Waals surface area contributed by atoms with E-state index in [9.17, 15) is 4.39 Å². The van der Waals surface area contributed by atoms with Crippen LogP contribution in [0.5, 0.6) is 0 Å². The molecule has 0 amide bonds. The molecule has 1 aliphatic rings. The van der Waals surface area contributed by atoms with Gasteiger partial charge in [-0.2, -0.15) is 0 Å². The van der Waals surface area contributed by atoms with Crippen molar-refractivity contribution in [3.63, 3.8) is 0 Å². The first kappa shape index (κ1) is 12.0. The van der Waals surface area contributed by atoms with Crippen molar-refractivity contribution < 1.29 is 4.39 Å². The first-order valence-electron chi connectivity index (χ1n) is 6.68. The van der Waals surface area contributed by atoms with E-state index in [1.807, 2.05) is 0 Å². The molecule has 1 N–H and O–H groups in total. The van der Waals surface area contributed by atoms with Gasteiger partial charge in [0.05, 0.1) is 10.2 Å². The number of hydrogen-bond donors (Lipinski definition) is 1. The molecule has 0 radical (unpaired) electrons. The lowest BCUT2D eigenvalue weighted by atomic mass is 9.99. The van der Waals surface area contributed by atoms with E-state index in [1.165, 1.54) is 23.3 Å². The highest BCUT2D eigenvalue weighted by molar-refractivity contribution is 7.21. The molecule has 2 heterocycles. The highest BCUT2D eigenvalue weighted by atomic mass is 32.1. The van der Waals surface area contributed by atoms with E-state index >= 15 is 0 Å². The minimum atomic E-state index is -0.232. The van der Waals surface area contributed by atoms with Gasteiger partial charge in [-0.05, 0) is 42.3 Å². The number of thiazole rings is 1. The topological polar surface area (TPSA) is 24.9 Å². The standard InChI is InChI=1S/C16H13FN2S/c17-13-3-4-15-14(8-13)19-16(20-15)11-2-1-10-5-6-18-9-12(10)7-11/h1-4,7-8,18H,5-6,9H2. The van der Waals surface area contributed by atoms with Crippen LogP contribution in [0.25, 0.3) is 20.8 Å². The number of aromatic nitrogens is 1. The Kier molecular flexibility index (Phi) is 2.79. The highest BCUT2D eigenvalue weighted by Crippen LogP contribution is 2.32. The maximum absolute atomic E-state index is 13.2. The van der Waals surface area contributed by atoms with Crippen LogP contribution in [0.4, 0.5) is 4.39 Å². The van der Waals surface area contributed by atoms with Gasteiger partial charge in [0.2, 0.25) is 0 Å². The Hall–Kier alpha value is -1.78. The lowest BCUT2D eigenvalue weighted by molar-refractivity contribution is 0.629. The van der Waals surface area contributed by atoms with Gasteiger partial charge in [-0.1, -0.05) is 12.1 Å². The lowest BCUT2D eigenvalue weighted by Crippen LogP contribution is -2.23. The van der Waals surface area contributed by atoms with Gasteiger partial charge in [-0.3, -0.25) is 0 Å². The smallest absolute Gasteiger partial charge is 0.125 e. The summed E-state index contributed by atoms with van der Waals surface area (Å²) >= 11 is 1.61. The highest BCUT2D eigenvalue weighted by Gasteiger charge is 2.12. The van der Waals surface area contributed by atoms with Crippen molar-refractivity contribution in [3.05, 3.63) is 53.3 Å². The average molecular weight is 284 g/mol. The van der Waals surface area contributed by atoms with Crippen molar-refractivity contribution in [1.82, 2.24) is 10.3 Å². The largest absolute Gasteiger partial charge is 0.312 e. The molecule has 0 aliphatic carbocycles. The second kappa shape index (κ2) is 4.65. The Balaban J connectivity index is 1.82. The third-order valence-electron chi connectivity index (χ3n) is 3.69. The molecule has 0 saturated carbocycles. The van der Waals surface area contributed by atoms with Crippen LogP contribution in [0.3, 0.4) is 0 Å². The molecule has 0 fully saturated rings. The minimum absolute atomic E-state index is 0.232. The molecule has 1 aromatic heterocycles. The van der Waals surface area contributed by atoms with Crippen molar-refractivity contribution in [1.29, 1.82) is 0 Å². The fraction of sp³-hybridized carbons (Fsp3) is 0.188. The maximum atomic E-state index is 13.2. The summed E-state index contributed by atoms with van der Waals surface area (Å²) in [6, 6.07) is 11.3. The summed E-state index contributed by atoms with van der Waals surface area (Å²) in [5, 5.41) is 4.34. The summed E-state index contributed by atoms with van der Waals surface area (Å²) < 4.78 is 14.3. The third kappa shape index (κ3) is 2.01. The molecule has 0 unspecified atom stereocenters. The molecule has 4 rings (SSSR count).